The molecule has 0 radical (unpaired) electrons. The van der Waals surface area contributed by atoms with Crippen LogP contribution in [0.5, 0.6) is 23.0 Å². The van der Waals surface area contributed by atoms with Crippen molar-refractivity contribution in [1.82, 2.24) is 0 Å². The van der Waals surface area contributed by atoms with Crippen LogP contribution in [0.2, 0.25) is 0 Å². The Labute approximate surface area is 428 Å². The molecule has 0 amide bonds. The molecule has 1 aliphatic carbocycles. The molecular formula is C65H57BN2O5. The van der Waals surface area contributed by atoms with Crippen LogP contribution >= 0.6 is 0 Å². The van der Waals surface area contributed by atoms with E-state index in [0.29, 0.717) is 32.2 Å². The molecule has 0 atom stereocenters. The summed E-state index contributed by atoms with van der Waals surface area (Å²) in [6, 6.07) is 56.2. The highest BCUT2D eigenvalue weighted by Gasteiger charge is 2.47. The second-order valence-corrected chi connectivity index (χ2v) is 23.0. The van der Waals surface area contributed by atoms with Crippen molar-refractivity contribution in [3.8, 4) is 56.6 Å². The summed E-state index contributed by atoms with van der Waals surface area (Å²) in [5, 5.41) is 1.11. The zero-order valence-corrected chi connectivity index (χ0v) is 42.8. The summed E-state index contributed by atoms with van der Waals surface area (Å²) < 4.78 is 32.6. The average molecular weight is 957 g/mol. The van der Waals surface area contributed by atoms with Gasteiger partial charge in [-0.3, -0.25) is 0 Å². The predicted octanol–water partition coefficient (Wildman–Crippen LogP) is 14.3. The van der Waals surface area contributed by atoms with Crippen LogP contribution in [0.3, 0.4) is 0 Å². The van der Waals surface area contributed by atoms with E-state index in [1.165, 1.54) is 44.3 Å². The quantitative estimate of drug-likeness (QED) is 0.163. The first-order chi connectivity index (χ1) is 35.2. The molecular weight excluding hydrogens is 900 g/mol. The lowest BCUT2D eigenvalue weighted by Crippen LogP contribution is -2.61. The topological polar surface area (TPSA) is 56.5 Å². The molecule has 14 rings (SSSR count). The molecule has 9 aromatic rings. The molecule has 0 fully saturated rings. The molecule has 0 spiro atoms. The smallest absolute Gasteiger partial charge is 0.252 e. The van der Waals surface area contributed by atoms with Crippen molar-refractivity contribution in [2.45, 2.75) is 71.6 Å². The molecule has 0 saturated heterocycles. The third-order valence-electron chi connectivity index (χ3n) is 16.1. The normalized spacial score (nSPS) is 15.6. The number of para-hydroxylation sites is 2. The molecule has 1 aromatic heterocycles. The maximum absolute atomic E-state index is 6.78. The zero-order valence-electron chi connectivity index (χ0n) is 42.8. The van der Waals surface area contributed by atoms with Gasteiger partial charge in [0.2, 0.25) is 0 Å². The standard InChI is InChI=1S/C65H57BN2O5/c1-63(2,3)42-18-21-44(22-19-42)67-51-26-20-43(64(4,5)6)37-50(51)66-49-25-27-57-62(72-31-29-70-57)60(49)68(52-13-11-15-56-61(52)71-30-28-69-56)54-35-41(34-53(67)59(54)66)38-16-23-45-46-24-17-40(33-48(46)65(7,8)47(45)32-38)58-36-39-12-9-10-14-55(39)73-58/h9-27,32-37H,28-31H2,1-8H3. The number of nitrogens with zero attached hydrogens (tertiary/aromatic N) is 2. The molecule has 0 bridgehead atoms. The fraction of sp³-hybridized carbons (Fsp3) is 0.231. The molecule has 0 N–H and O–H groups in total. The van der Waals surface area contributed by atoms with Crippen molar-refractivity contribution >= 4 is 68.2 Å². The molecule has 360 valence electrons. The molecule has 8 heteroatoms. The lowest BCUT2D eigenvalue weighted by atomic mass is 9.33. The average Bonchev–Trinajstić information content (AvgIpc) is 3.94. The molecule has 7 nitrogen and oxygen atoms in total. The maximum Gasteiger partial charge on any atom is 0.252 e. The molecule has 0 saturated carbocycles. The minimum atomic E-state index is -0.289. The van der Waals surface area contributed by atoms with Crippen LogP contribution in [0, 0.1) is 0 Å². The minimum Gasteiger partial charge on any atom is -0.486 e. The van der Waals surface area contributed by atoms with Crippen molar-refractivity contribution in [3.63, 3.8) is 0 Å². The van der Waals surface area contributed by atoms with Crippen molar-refractivity contribution in [1.29, 1.82) is 0 Å². The summed E-state index contributed by atoms with van der Waals surface area (Å²) >= 11 is 0. The van der Waals surface area contributed by atoms with Crippen LogP contribution < -0.4 is 45.1 Å². The van der Waals surface area contributed by atoms with Crippen molar-refractivity contribution in [2.24, 2.45) is 0 Å². The fourth-order valence-corrected chi connectivity index (χ4v) is 12.3. The van der Waals surface area contributed by atoms with Gasteiger partial charge in [0.05, 0.1) is 11.4 Å². The second kappa shape index (κ2) is 15.6. The Hall–Kier alpha value is -7.84. The Morgan fingerprint density at radius 3 is 1.85 bits per heavy atom. The predicted molar refractivity (Wildman–Crippen MR) is 298 cm³/mol. The van der Waals surface area contributed by atoms with Gasteiger partial charge in [-0.25, -0.2) is 0 Å². The minimum absolute atomic E-state index is 0.00411. The van der Waals surface area contributed by atoms with Crippen LogP contribution in [-0.2, 0) is 16.2 Å². The highest BCUT2D eigenvalue weighted by atomic mass is 16.6. The zero-order chi connectivity index (χ0) is 49.7. The van der Waals surface area contributed by atoms with E-state index in [1.807, 2.05) is 18.2 Å². The molecule has 0 unspecified atom stereocenters. The summed E-state index contributed by atoms with van der Waals surface area (Å²) in [5.74, 6) is 3.80. The number of hydrogen-bond acceptors (Lipinski definition) is 7. The van der Waals surface area contributed by atoms with Gasteiger partial charge in [0, 0.05) is 39.1 Å². The number of fused-ring (bicyclic) bond motifs is 11. The first-order valence-electron chi connectivity index (χ1n) is 25.8. The number of benzene rings is 8. The molecule has 5 heterocycles. The Kier molecular flexibility index (Phi) is 9.38. The van der Waals surface area contributed by atoms with Gasteiger partial charge in [0.1, 0.15) is 37.8 Å². The lowest BCUT2D eigenvalue weighted by Gasteiger charge is -2.45. The van der Waals surface area contributed by atoms with Crippen LogP contribution in [0.4, 0.5) is 34.1 Å². The summed E-state index contributed by atoms with van der Waals surface area (Å²) in [6.07, 6.45) is 0. The van der Waals surface area contributed by atoms with Gasteiger partial charge in [0.25, 0.3) is 6.71 Å². The largest absolute Gasteiger partial charge is 0.486 e. The van der Waals surface area contributed by atoms with E-state index in [9.17, 15) is 0 Å². The first kappa shape index (κ1) is 43.9. The van der Waals surface area contributed by atoms with Crippen LogP contribution in [0.1, 0.15) is 77.6 Å². The summed E-state index contributed by atoms with van der Waals surface area (Å²) in [6.45, 7) is 20.2. The third kappa shape index (κ3) is 6.65. The summed E-state index contributed by atoms with van der Waals surface area (Å²) in [7, 11) is 0. The maximum atomic E-state index is 6.78. The number of anilines is 6. The second-order valence-electron chi connectivity index (χ2n) is 23.0. The number of ether oxygens (including phenoxy) is 4. The van der Waals surface area contributed by atoms with Gasteiger partial charge in [-0.1, -0.05) is 134 Å². The number of hydrogen-bond donors (Lipinski definition) is 0. The van der Waals surface area contributed by atoms with Crippen LogP contribution in [-0.4, -0.2) is 33.1 Å². The lowest BCUT2D eigenvalue weighted by molar-refractivity contribution is 0.171. The van der Waals surface area contributed by atoms with Gasteiger partial charge < -0.3 is 33.2 Å². The molecule has 5 aliphatic rings. The highest BCUT2D eigenvalue weighted by Crippen LogP contribution is 2.56. The van der Waals surface area contributed by atoms with E-state index in [1.54, 1.807) is 0 Å². The summed E-state index contributed by atoms with van der Waals surface area (Å²) in [5.41, 5.74) is 21.4. The molecule has 73 heavy (non-hydrogen) atoms. The van der Waals surface area contributed by atoms with Crippen LogP contribution in [0.15, 0.2) is 156 Å². The fourth-order valence-electron chi connectivity index (χ4n) is 12.3. The molecule has 8 aromatic carbocycles. The Morgan fingerprint density at radius 2 is 1.12 bits per heavy atom. The Balaban J connectivity index is 1.03. The monoisotopic (exact) mass is 956 g/mol. The van der Waals surface area contributed by atoms with Crippen LogP contribution in [0.25, 0.3) is 44.5 Å². The van der Waals surface area contributed by atoms with Gasteiger partial charge in [-0.05, 0) is 145 Å². The SMILES string of the molecule is CC(C)(C)c1ccc(N2c3ccc(C(C)(C)C)cc3B3c4ccc5c(c4N(c4cccc6c4OCCO6)c4cc(-c6ccc7c(c6)C(C)(C)c6cc(-c8cc9ccccc9o8)ccc6-7)cc2c43)OCCO5)cc1. The molecule has 4 aliphatic heterocycles. The van der Waals surface area contributed by atoms with E-state index in [-0.39, 0.29) is 23.0 Å². The Bertz CT molecular complexity index is 3750. The number of rotatable bonds is 4. The van der Waals surface area contributed by atoms with Gasteiger partial charge >= 0.3 is 0 Å². The van der Waals surface area contributed by atoms with E-state index in [4.69, 9.17) is 23.4 Å². The van der Waals surface area contributed by atoms with E-state index >= 15 is 0 Å². The Morgan fingerprint density at radius 1 is 0.479 bits per heavy atom. The third-order valence-corrected chi connectivity index (χ3v) is 16.1. The van der Waals surface area contributed by atoms with Crippen molar-refractivity contribution in [3.05, 3.63) is 174 Å². The van der Waals surface area contributed by atoms with Crippen molar-refractivity contribution in [2.75, 3.05) is 36.2 Å². The van der Waals surface area contributed by atoms with Gasteiger partial charge in [-0.15, -0.1) is 0 Å². The first-order valence-corrected chi connectivity index (χ1v) is 25.8. The number of furan rings is 1. The van der Waals surface area contributed by atoms with E-state index in [2.05, 4.69) is 199 Å². The van der Waals surface area contributed by atoms with Gasteiger partial charge in [-0.2, -0.15) is 0 Å². The highest BCUT2D eigenvalue weighted by molar-refractivity contribution is 7.00. The van der Waals surface area contributed by atoms with E-state index in [0.717, 1.165) is 90.3 Å². The van der Waals surface area contributed by atoms with Gasteiger partial charge in [0.15, 0.2) is 23.0 Å². The van der Waals surface area contributed by atoms with Crippen molar-refractivity contribution < 1.29 is 23.4 Å². The summed E-state index contributed by atoms with van der Waals surface area (Å²) in [4.78, 5) is 4.91. The van der Waals surface area contributed by atoms with E-state index < -0.39 is 0 Å².